The molecule has 0 aliphatic heterocycles. The first-order valence-corrected chi connectivity index (χ1v) is 7.51. The molecule has 6 heteroatoms. The van der Waals surface area contributed by atoms with E-state index in [1.807, 2.05) is 18.4 Å². The zero-order chi connectivity index (χ0) is 13.8. The fourth-order valence-electron chi connectivity index (χ4n) is 1.81. The number of aromatic nitrogens is 3. The highest BCUT2D eigenvalue weighted by atomic mass is 35.5. The van der Waals surface area contributed by atoms with Gasteiger partial charge in [0.2, 0.25) is 0 Å². The molecule has 0 aliphatic rings. The van der Waals surface area contributed by atoms with Crippen LogP contribution >= 0.6 is 23.4 Å². The van der Waals surface area contributed by atoms with Gasteiger partial charge in [0.1, 0.15) is 11.6 Å². The highest BCUT2D eigenvalue weighted by Crippen LogP contribution is 2.28. The molecule has 0 radical (unpaired) electrons. The normalized spacial score (nSPS) is 10.9. The fraction of sp³-hybridized carbons (Fsp3) is 0.385. The van der Waals surface area contributed by atoms with Crippen LogP contribution in [0.5, 0.6) is 0 Å². The SMILES string of the molecule is CCc1nnc(SCc2c(F)cccc2Cl)n1CC. The molecule has 0 spiro atoms. The molecule has 3 nitrogen and oxygen atoms in total. The first kappa shape index (κ1) is 14.3. The number of thioether (sulfide) groups is 1. The van der Waals surface area contributed by atoms with E-state index in [0.29, 0.717) is 16.3 Å². The van der Waals surface area contributed by atoms with E-state index in [0.717, 1.165) is 23.9 Å². The third kappa shape index (κ3) is 3.09. The van der Waals surface area contributed by atoms with Gasteiger partial charge in [0.15, 0.2) is 5.16 Å². The lowest BCUT2D eigenvalue weighted by atomic mass is 10.2. The summed E-state index contributed by atoms with van der Waals surface area (Å²) in [6, 6.07) is 4.72. The lowest BCUT2D eigenvalue weighted by Crippen LogP contribution is -2.02. The van der Waals surface area contributed by atoms with E-state index in [1.54, 1.807) is 12.1 Å². The summed E-state index contributed by atoms with van der Waals surface area (Å²) in [6.45, 7) is 4.89. The van der Waals surface area contributed by atoms with Gasteiger partial charge in [-0.2, -0.15) is 0 Å². The van der Waals surface area contributed by atoms with Crippen molar-refractivity contribution in [1.29, 1.82) is 0 Å². The molecule has 1 aromatic carbocycles. The Morgan fingerprint density at radius 3 is 2.74 bits per heavy atom. The number of hydrogen-bond donors (Lipinski definition) is 0. The van der Waals surface area contributed by atoms with Crippen molar-refractivity contribution in [3.8, 4) is 0 Å². The van der Waals surface area contributed by atoms with E-state index in [9.17, 15) is 4.39 Å². The van der Waals surface area contributed by atoms with Crippen molar-refractivity contribution >= 4 is 23.4 Å². The van der Waals surface area contributed by atoms with Gasteiger partial charge in [0.05, 0.1) is 0 Å². The Morgan fingerprint density at radius 2 is 2.11 bits per heavy atom. The second kappa shape index (κ2) is 6.39. The van der Waals surface area contributed by atoms with Crippen molar-refractivity contribution in [2.75, 3.05) is 0 Å². The summed E-state index contributed by atoms with van der Waals surface area (Å²) in [4.78, 5) is 0. The van der Waals surface area contributed by atoms with Gasteiger partial charge < -0.3 is 4.57 Å². The lowest BCUT2D eigenvalue weighted by molar-refractivity contribution is 0.616. The molecule has 0 fully saturated rings. The summed E-state index contributed by atoms with van der Waals surface area (Å²) in [7, 11) is 0. The van der Waals surface area contributed by atoms with Crippen molar-refractivity contribution < 1.29 is 4.39 Å². The minimum Gasteiger partial charge on any atom is -0.306 e. The van der Waals surface area contributed by atoms with Crippen molar-refractivity contribution in [1.82, 2.24) is 14.8 Å². The number of aryl methyl sites for hydroxylation is 1. The van der Waals surface area contributed by atoms with Crippen LogP contribution in [0.25, 0.3) is 0 Å². The fourth-order valence-corrected chi connectivity index (χ4v) is 3.18. The van der Waals surface area contributed by atoms with Gasteiger partial charge in [-0.05, 0) is 19.1 Å². The smallest absolute Gasteiger partial charge is 0.191 e. The van der Waals surface area contributed by atoms with Crippen LogP contribution in [-0.2, 0) is 18.7 Å². The van der Waals surface area contributed by atoms with Crippen LogP contribution in [0.15, 0.2) is 23.4 Å². The van der Waals surface area contributed by atoms with Crippen molar-refractivity contribution in [2.45, 2.75) is 37.7 Å². The molecule has 0 unspecified atom stereocenters. The molecule has 0 amide bonds. The second-order valence-corrected chi connectivity index (χ2v) is 5.34. The average molecular weight is 300 g/mol. The predicted molar refractivity (Wildman–Crippen MR) is 76.0 cm³/mol. The monoisotopic (exact) mass is 299 g/mol. The van der Waals surface area contributed by atoms with Gasteiger partial charge in [-0.1, -0.05) is 36.4 Å². The first-order chi connectivity index (χ1) is 9.17. The molecule has 0 bridgehead atoms. The van der Waals surface area contributed by atoms with E-state index in [-0.39, 0.29) is 5.82 Å². The molecule has 0 aliphatic carbocycles. The highest BCUT2D eigenvalue weighted by molar-refractivity contribution is 7.98. The van der Waals surface area contributed by atoms with E-state index in [4.69, 9.17) is 11.6 Å². The summed E-state index contributed by atoms with van der Waals surface area (Å²) in [5.41, 5.74) is 0.512. The van der Waals surface area contributed by atoms with Gasteiger partial charge in [-0.25, -0.2) is 4.39 Å². The molecule has 0 saturated heterocycles. The molecular weight excluding hydrogens is 285 g/mol. The number of halogens is 2. The van der Waals surface area contributed by atoms with Gasteiger partial charge in [-0.3, -0.25) is 0 Å². The number of nitrogens with zero attached hydrogens (tertiary/aromatic N) is 3. The molecule has 0 saturated carbocycles. The van der Waals surface area contributed by atoms with Crippen LogP contribution in [0.3, 0.4) is 0 Å². The first-order valence-electron chi connectivity index (χ1n) is 6.15. The Balaban J connectivity index is 2.17. The van der Waals surface area contributed by atoms with Crippen LogP contribution < -0.4 is 0 Å². The van der Waals surface area contributed by atoms with Crippen LogP contribution in [-0.4, -0.2) is 14.8 Å². The molecule has 2 aromatic rings. The van der Waals surface area contributed by atoms with Crippen molar-refractivity contribution in [2.24, 2.45) is 0 Å². The highest BCUT2D eigenvalue weighted by Gasteiger charge is 2.12. The second-order valence-electron chi connectivity index (χ2n) is 3.99. The summed E-state index contributed by atoms with van der Waals surface area (Å²) in [5.74, 6) is 1.12. The number of hydrogen-bond acceptors (Lipinski definition) is 3. The third-order valence-electron chi connectivity index (χ3n) is 2.83. The van der Waals surface area contributed by atoms with E-state index in [2.05, 4.69) is 10.2 Å². The number of benzene rings is 1. The molecule has 1 heterocycles. The molecular formula is C13H15ClFN3S. The molecule has 102 valence electrons. The largest absolute Gasteiger partial charge is 0.306 e. The molecule has 0 atom stereocenters. The van der Waals surface area contributed by atoms with Gasteiger partial charge in [0, 0.05) is 29.3 Å². The van der Waals surface area contributed by atoms with Crippen LogP contribution in [0.4, 0.5) is 4.39 Å². The van der Waals surface area contributed by atoms with Crippen LogP contribution in [0.1, 0.15) is 25.2 Å². The van der Waals surface area contributed by atoms with E-state index in [1.165, 1.54) is 17.8 Å². The van der Waals surface area contributed by atoms with E-state index < -0.39 is 0 Å². The quantitative estimate of drug-likeness (QED) is 0.783. The summed E-state index contributed by atoms with van der Waals surface area (Å²) >= 11 is 7.46. The van der Waals surface area contributed by atoms with Crippen LogP contribution in [0.2, 0.25) is 5.02 Å². The van der Waals surface area contributed by atoms with Crippen LogP contribution in [0, 0.1) is 5.82 Å². The van der Waals surface area contributed by atoms with E-state index >= 15 is 0 Å². The Morgan fingerprint density at radius 1 is 1.32 bits per heavy atom. The topological polar surface area (TPSA) is 30.7 Å². The van der Waals surface area contributed by atoms with Gasteiger partial charge in [-0.15, -0.1) is 10.2 Å². The van der Waals surface area contributed by atoms with Gasteiger partial charge in [0.25, 0.3) is 0 Å². The predicted octanol–water partition coefficient (Wildman–Crippen LogP) is 3.95. The zero-order valence-electron chi connectivity index (χ0n) is 10.9. The summed E-state index contributed by atoms with van der Waals surface area (Å²) in [5, 5.41) is 9.52. The summed E-state index contributed by atoms with van der Waals surface area (Å²) in [6.07, 6.45) is 0.835. The maximum absolute atomic E-state index is 13.7. The average Bonchev–Trinajstić information content (AvgIpc) is 2.80. The summed E-state index contributed by atoms with van der Waals surface area (Å²) < 4.78 is 15.7. The molecule has 0 N–H and O–H groups in total. The minimum atomic E-state index is -0.279. The Hall–Kier alpha value is -1.07. The molecule has 1 aromatic heterocycles. The Kier molecular flexibility index (Phi) is 4.82. The van der Waals surface area contributed by atoms with Crippen molar-refractivity contribution in [3.63, 3.8) is 0 Å². The number of rotatable bonds is 5. The van der Waals surface area contributed by atoms with Gasteiger partial charge >= 0.3 is 0 Å². The maximum atomic E-state index is 13.7. The zero-order valence-corrected chi connectivity index (χ0v) is 12.4. The molecule has 19 heavy (non-hydrogen) atoms. The Labute approximate surface area is 121 Å². The standard InChI is InChI=1S/C13H15ClFN3S/c1-3-12-16-17-13(18(12)4-2)19-8-9-10(14)6-5-7-11(9)15/h5-7H,3-4,8H2,1-2H3. The minimum absolute atomic E-state index is 0.279. The Bertz CT molecular complexity index is 551. The molecule has 2 rings (SSSR count). The maximum Gasteiger partial charge on any atom is 0.191 e. The van der Waals surface area contributed by atoms with Crippen molar-refractivity contribution in [3.05, 3.63) is 40.4 Å². The lowest BCUT2D eigenvalue weighted by Gasteiger charge is -2.07. The third-order valence-corrected chi connectivity index (χ3v) is 4.18.